The van der Waals surface area contributed by atoms with Crippen LogP contribution in [0.5, 0.6) is 0 Å². The van der Waals surface area contributed by atoms with E-state index in [1.165, 1.54) is 0 Å². The molecule has 1 aromatic heterocycles. The molecule has 1 heterocycles. The fourth-order valence-corrected chi connectivity index (χ4v) is 2.05. The van der Waals surface area contributed by atoms with Crippen molar-refractivity contribution in [3.63, 3.8) is 0 Å². The second kappa shape index (κ2) is 7.13. The first-order valence-electron chi connectivity index (χ1n) is 7.54. The van der Waals surface area contributed by atoms with Crippen LogP contribution in [-0.4, -0.2) is 18.4 Å². The second-order valence-electron chi connectivity index (χ2n) is 6.37. The lowest BCUT2D eigenvalue weighted by Gasteiger charge is -2.19. The van der Waals surface area contributed by atoms with Gasteiger partial charge in [-0.25, -0.2) is 0 Å². The normalized spacial score (nSPS) is 11.1. The fraction of sp³-hybridized carbons (Fsp3) is 0.333. The standard InChI is InChI=1S/C18H22N2O3/c1-18(2,3)14-8-6-13(7-9-14)17(22)20-12-16(21)19-11-15-5-4-10-23-15/h4-10H,11-12H2,1-3H3,(H,19,21)(H,20,22). The maximum absolute atomic E-state index is 12.0. The summed E-state index contributed by atoms with van der Waals surface area (Å²) < 4.78 is 5.12. The molecule has 0 fully saturated rings. The Labute approximate surface area is 136 Å². The van der Waals surface area contributed by atoms with Crippen LogP contribution in [0.1, 0.15) is 42.5 Å². The molecule has 2 rings (SSSR count). The molecule has 0 bridgehead atoms. The number of nitrogens with one attached hydrogen (secondary N) is 2. The van der Waals surface area contributed by atoms with Gasteiger partial charge in [0.1, 0.15) is 5.76 Å². The van der Waals surface area contributed by atoms with E-state index in [0.717, 1.165) is 5.56 Å². The van der Waals surface area contributed by atoms with Crippen molar-refractivity contribution < 1.29 is 14.0 Å². The van der Waals surface area contributed by atoms with Crippen molar-refractivity contribution in [1.29, 1.82) is 0 Å². The summed E-state index contributed by atoms with van der Waals surface area (Å²) in [6, 6.07) is 10.9. The minimum Gasteiger partial charge on any atom is -0.467 e. The number of amides is 2. The lowest BCUT2D eigenvalue weighted by atomic mass is 9.87. The quantitative estimate of drug-likeness (QED) is 0.891. The summed E-state index contributed by atoms with van der Waals surface area (Å²) in [5, 5.41) is 5.28. The van der Waals surface area contributed by atoms with Gasteiger partial charge in [-0.3, -0.25) is 9.59 Å². The minimum absolute atomic E-state index is 0.0424. The Balaban J connectivity index is 1.81. The van der Waals surface area contributed by atoms with Crippen LogP contribution in [0.25, 0.3) is 0 Å². The molecule has 2 amide bonds. The van der Waals surface area contributed by atoms with Crippen molar-refractivity contribution in [3.8, 4) is 0 Å². The van der Waals surface area contributed by atoms with Crippen LogP contribution in [-0.2, 0) is 16.8 Å². The summed E-state index contributed by atoms with van der Waals surface area (Å²) >= 11 is 0. The Kier molecular flexibility index (Phi) is 5.21. The van der Waals surface area contributed by atoms with Crippen molar-refractivity contribution in [3.05, 3.63) is 59.5 Å². The first-order chi connectivity index (χ1) is 10.9. The molecule has 0 aliphatic rings. The molecule has 23 heavy (non-hydrogen) atoms. The maximum atomic E-state index is 12.0. The molecule has 0 atom stereocenters. The number of furan rings is 1. The lowest BCUT2D eigenvalue weighted by molar-refractivity contribution is -0.120. The number of carbonyl (C=O) groups excluding carboxylic acids is 2. The molecule has 0 aliphatic carbocycles. The molecule has 0 radical (unpaired) electrons. The van der Waals surface area contributed by atoms with Gasteiger partial charge < -0.3 is 15.1 Å². The summed E-state index contributed by atoms with van der Waals surface area (Å²) in [7, 11) is 0. The minimum atomic E-state index is -0.265. The van der Waals surface area contributed by atoms with Crippen LogP contribution in [0.4, 0.5) is 0 Å². The largest absolute Gasteiger partial charge is 0.467 e. The average Bonchev–Trinajstić information content (AvgIpc) is 3.03. The lowest BCUT2D eigenvalue weighted by Crippen LogP contribution is -2.36. The van der Waals surface area contributed by atoms with E-state index in [2.05, 4.69) is 31.4 Å². The van der Waals surface area contributed by atoms with Crippen molar-refractivity contribution in [1.82, 2.24) is 10.6 Å². The maximum Gasteiger partial charge on any atom is 0.251 e. The van der Waals surface area contributed by atoms with Gasteiger partial charge in [0.25, 0.3) is 5.91 Å². The van der Waals surface area contributed by atoms with Crippen LogP contribution in [0.3, 0.4) is 0 Å². The predicted molar refractivity (Wildman–Crippen MR) is 88.0 cm³/mol. The van der Waals surface area contributed by atoms with Crippen LogP contribution in [0.15, 0.2) is 47.1 Å². The van der Waals surface area contributed by atoms with Gasteiger partial charge in [-0.05, 0) is 35.2 Å². The molecule has 0 spiro atoms. The molecule has 5 nitrogen and oxygen atoms in total. The van der Waals surface area contributed by atoms with E-state index < -0.39 is 0 Å². The van der Waals surface area contributed by atoms with Gasteiger partial charge >= 0.3 is 0 Å². The molecule has 2 N–H and O–H groups in total. The Morgan fingerprint density at radius 2 is 1.74 bits per heavy atom. The van der Waals surface area contributed by atoms with E-state index in [4.69, 9.17) is 4.42 Å². The van der Waals surface area contributed by atoms with Crippen molar-refractivity contribution in [2.24, 2.45) is 0 Å². The van der Waals surface area contributed by atoms with E-state index in [1.54, 1.807) is 30.5 Å². The van der Waals surface area contributed by atoms with Crippen LogP contribution in [0, 0.1) is 0 Å². The molecule has 1 aromatic carbocycles. The summed E-state index contributed by atoms with van der Waals surface area (Å²) in [5.41, 5.74) is 1.74. The number of rotatable bonds is 5. The van der Waals surface area contributed by atoms with Gasteiger partial charge in [-0.2, -0.15) is 0 Å². The van der Waals surface area contributed by atoms with E-state index in [9.17, 15) is 9.59 Å². The first-order valence-corrected chi connectivity index (χ1v) is 7.54. The van der Waals surface area contributed by atoms with Gasteiger partial charge in [0.2, 0.25) is 5.91 Å². The Hall–Kier alpha value is -2.56. The number of hydrogen-bond acceptors (Lipinski definition) is 3. The third-order valence-electron chi connectivity index (χ3n) is 3.46. The third-order valence-corrected chi connectivity index (χ3v) is 3.46. The Bertz CT molecular complexity index is 653. The predicted octanol–water partition coefficient (Wildman–Crippen LogP) is 2.62. The average molecular weight is 314 g/mol. The topological polar surface area (TPSA) is 71.3 Å². The van der Waals surface area contributed by atoms with Gasteiger partial charge in [0, 0.05) is 5.56 Å². The monoisotopic (exact) mass is 314 g/mol. The molecule has 0 aliphatic heterocycles. The van der Waals surface area contributed by atoms with E-state index in [-0.39, 0.29) is 23.8 Å². The molecule has 5 heteroatoms. The van der Waals surface area contributed by atoms with E-state index in [0.29, 0.717) is 17.9 Å². The van der Waals surface area contributed by atoms with Crippen molar-refractivity contribution in [2.45, 2.75) is 32.7 Å². The van der Waals surface area contributed by atoms with E-state index >= 15 is 0 Å². The first kappa shape index (κ1) is 16.8. The fourth-order valence-electron chi connectivity index (χ4n) is 2.05. The number of carbonyl (C=O) groups is 2. The van der Waals surface area contributed by atoms with Gasteiger partial charge in [0.15, 0.2) is 0 Å². The van der Waals surface area contributed by atoms with Crippen molar-refractivity contribution in [2.75, 3.05) is 6.54 Å². The highest BCUT2D eigenvalue weighted by atomic mass is 16.3. The smallest absolute Gasteiger partial charge is 0.251 e. The zero-order valence-corrected chi connectivity index (χ0v) is 13.7. The third kappa shape index (κ3) is 4.98. The van der Waals surface area contributed by atoms with Crippen molar-refractivity contribution >= 4 is 11.8 Å². The van der Waals surface area contributed by atoms with Crippen LogP contribution < -0.4 is 10.6 Å². The van der Waals surface area contributed by atoms with Gasteiger partial charge in [-0.1, -0.05) is 32.9 Å². The van der Waals surface area contributed by atoms with Gasteiger partial charge in [-0.15, -0.1) is 0 Å². The zero-order valence-electron chi connectivity index (χ0n) is 13.7. The molecular formula is C18H22N2O3. The summed E-state index contributed by atoms with van der Waals surface area (Å²) in [6.45, 7) is 6.59. The number of hydrogen-bond donors (Lipinski definition) is 2. The zero-order chi connectivity index (χ0) is 16.9. The highest BCUT2D eigenvalue weighted by Gasteiger charge is 2.14. The summed E-state index contributed by atoms with van der Waals surface area (Å²) in [5.74, 6) is 0.141. The van der Waals surface area contributed by atoms with Gasteiger partial charge in [0.05, 0.1) is 19.4 Å². The highest BCUT2D eigenvalue weighted by Crippen LogP contribution is 2.22. The number of benzene rings is 1. The molecule has 0 saturated heterocycles. The van der Waals surface area contributed by atoms with Crippen LogP contribution >= 0.6 is 0 Å². The Morgan fingerprint density at radius 3 is 2.30 bits per heavy atom. The summed E-state index contributed by atoms with van der Waals surface area (Å²) in [6.07, 6.45) is 1.55. The molecule has 2 aromatic rings. The van der Waals surface area contributed by atoms with E-state index in [1.807, 2.05) is 12.1 Å². The van der Waals surface area contributed by atoms with Crippen LogP contribution in [0.2, 0.25) is 0 Å². The highest BCUT2D eigenvalue weighted by molar-refractivity contribution is 5.96. The second-order valence-corrected chi connectivity index (χ2v) is 6.37. The molecule has 0 saturated carbocycles. The molecular weight excluding hydrogens is 292 g/mol. The summed E-state index contributed by atoms with van der Waals surface area (Å²) in [4.78, 5) is 23.7. The molecule has 122 valence electrons. The Morgan fingerprint density at radius 1 is 1.04 bits per heavy atom. The SMILES string of the molecule is CC(C)(C)c1ccc(C(=O)NCC(=O)NCc2ccco2)cc1. The molecule has 0 unspecified atom stereocenters.